The molecule has 3 rings (SSSR count). The molecule has 0 spiro atoms. The third kappa shape index (κ3) is 2.82. The van der Waals surface area contributed by atoms with Crippen LogP contribution in [0.4, 0.5) is 0 Å². The minimum Gasteiger partial charge on any atom is -0.392 e. The highest BCUT2D eigenvalue weighted by Crippen LogP contribution is 2.39. The molecular weight excluding hydrogens is 282 g/mol. The number of likely N-dealkylation sites (tertiary alicyclic amines) is 2. The van der Waals surface area contributed by atoms with Crippen LogP contribution in [0.25, 0.3) is 0 Å². The molecule has 21 heavy (non-hydrogen) atoms. The molecule has 2 aliphatic heterocycles. The molecule has 118 valence electrons. The largest absolute Gasteiger partial charge is 0.392 e. The molecule has 5 heteroatoms. The highest BCUT2D eigenvalue weighted by Gasteiger charge is 2.46. The summed E-state index contributed by atoms with van der Waals surface area (Å²) in [5, 5.41) is 0. The predicted molar refractivity (Wildman–Crippen MR) is 88.1 cm³/mol. The highest BCUT2D eigenvalue weighted by atomic mass is 32.1. The summed E-state index contributed by atoms with van der Waals surface area (Å²) < 4.78 is 0. The SMILES string of the molecule is NC(=S)C1(C(=O)N2CCC(N3CCCC3)C2)CCCCC1. The molecule has 0 bridgehead atoms. The fraction of sp³-hybridized carbons (Fsp3) is 0.875. The molecule has 0 radical (unpaired) electrons. The molecule has 3 fully saturated rings. The second kappa shape index (κ2) is 6.21. The van der Waals surface area contributed by atoms with Gasteiger partial charge in [-0.2, -0.15) is 0 Å². The number of hydrogen-bond acceptors (Lipinski definition) is 3. The molecule has 0 aromatic rings. The van der Waals surface area contributed by atoms with Gasteiger partial charge in [-0.25, -0.2) is 0 Å². The van der Waals surface area contributed by atoms with E-state index in [0.29, 0.717) is 11.0 Å². The first-order chi connectivity index (χ1) is 10.1. The van der Waals surface area contributed by atoms with Crippen molar-refractivity contribution in [3.8, 4) is 0 Å². The van der Waals surface area contributed by atoms with E-state index in [1.807, 2.05) is 4.90 Å². The van der Waals surface area contributed by atoms with Crippen LogP contribution in [0.5, 0.6) is 0 Å². The monoisotopic (exact) mass is 309 g/mol. The van der Waals surface area contributed by atoms with Crippen LogP contribution in [-0.2, 0) is 4.79 Å². The number of thiocarbonyl (C=S) groups is 1. The first-order valence-corrected chi connectivity index (χ1v) is 8.88. The van der Waals surface area contributed by atoms with Crippen molar-refractivity contribution in [2.75, 3.05) is 26.2 Å². The molecule has 1 amide bonds. The fourth-order valence-corrected chi connectivity index (χ4v) is 4.65. The number of nitrogens with two attached hydrogens (primary N) is 1. The van der Waals surface area contributed by atoms with Crippen LogP contribution in [0.1, 0.15) is 51.4 Å². The van der Waals surface area contributed by atoms with E-state index in [4.69, 9.17) is 18.0 Å². The normalized spacial score (nSPS) is 29.7. The van der Waals surface area contributed by atoms with Gasteiger partial charge in [0.05, 0.1) is 10.4 Å². The van der Waals surface area contributed by atoms with Crippen LogP contribution in [-0.4, -0.2) is 52.9 Å². The average molecular weight is 309 g/mol. The average Bonchev–Trinajstić information content (AvgIpc) is 3.17. The van der Waals surface area contributed by atoms with Gasteiger partial charge >= 0.3 is 0 Å². The molecule has 1 unspecified atom stereocenters. The van der Waals surface area contributed by atoms with E-state index >= 15 is 0 Å². The van der Waals surface area contributed by atoms with Crippen molar-refractivity contribution in [1.82, 2.24) is 9.80 Å². The Morgan fingerprint density at radius 2 is 1.71 bits per heavy atom. The van der Waals surface area contributed by atoms with Crippen LogP contribution in [0, 0.1) is 5.41 Å². The second-order valence-corrected chi connectivity index (χ2v) is 7.38. The van der Waals surface area contributed by atoms with Gasteiger partial charge in [-0.3, -0.25) is 9.69 Å². The Morgan fingerprint density at radius 1 is 1.05 bits per heavy atom. The molecule has 0 aromatic carbocycles. The van der Waals surface area contributed by atoms with Gasteiger partial charge in [-0.15, -0.1) is 0 Å². The first-order valence-electron chi connectivity index (χ1n) is 8.47. The Bertz CT molecular complexity index is 414. The van der Waals surface area contributed by atoms with Crippen molar-refractivity contribution in [1.29, 1.82) is 0 Å². The maximum Gasteiger partial charge on any atom is 0.235 e. The van der Waals surface area contributed by atoms with E-state index in [9.17, 15) is 4.79 Å². The lowest BCUT2D eigenvalue weighted by molar-refractivity contribution is -0.138. The van der Waals surface area contributed by atoms with Crippen LogP contribution < -0.4 is 5.73 Å². The Balaban J connectivity index is 1.68. The molecule has 1 atom stereocenters. The van der Waals surface area contributed by atoms with Crippen LogP contribution in [0.2, 0.25) is 0 Å². The number of nitrogens with zero attached hydrogens (tertiary/aromatic N) is 2. The molecule has 1 aliphatic carbocycles. The highest BCUT2D eigenvalue weighted by molar-refractivity contribution is 7.80. The van der Waals surface area contributed by atoms with Crippen molar-refractivity contribution < 1.29 is 4.79 Å². The minimum atomic E-state index is -0.534. The lowest BCUT2D eigenvalue weighted by Gasteiger charge is -2.38. The maximum absolute atomic E-state index is 13.1. The van der Waals surface area contributed by atoms with Crippen LogP contribution >= 0.6 is 12.2 Å². The molecule has 1 saturated carbocycles. The number of carbonyl (C=O) groups excluding carboxylic acids is 1. The van der Waals surface area contributed by atoms with E-state index in [0.717, 1.165) is 45.2 Å². The molecule has 4 nitrogen and oxygen atoms in total. The maximum atomic E-state index is 13.1. The topological polar surface area (TPSA) is 49.6 Å². The van der Waals surface area contributed by atoms with Gasteiger partial charge < -0.3 is 10.6 Å². The second-order valence-electron chi connectivity index (χ2n) is 6.94. The molecule has 2 heterocycles. The summed E-state index contributed by atoms with van der Waals surface area (Å²) >= 11 is 5.30. The van der Waals surface area contributed by atoms with Gasteiger partial charge in [-0.05, 0) is 45.2 Å². The quantitative estimate of drug-likeness (QED) is 0.809. The zero-order valence-electron chi connectivity index (χ0n) is 12.9. The summed E-state index contributed by atoms with van der Waals surface area (Å²) in [6, 6.07) is 0.559. The zero-order valence-corrected chi connectivity index (χ0v) is 13.7. The molecule has 3 aliphatic rings. The minimum absolute atomic E-state index is 0.219. The lowest BCUT2D eigenvalue weighted by Crippen LogP contribution is -2.51. The number of amides is 1. The number of carbonyl (C=O) groups is 1. The Hall–Kier alpha value is -0.680. The van der Waals surface area contributed by atoms with E-state index in [1.165, 1.54) is 32.4 Å². The summed E-state index contributed by atoms with van der Waals surface area (Å²) in [7, 11) is 0. The number of rotatable bonds is 3. The summed E-state index contributed by atoms with van der Waals surface area (Å²) in [5.74, 6) is 0.219. The Kier molecular flexibility index (Phi) is 4.50. The standard InChI is InChI=1S/C16H27N3OS/c17-14(21)16(7-2-1-3-8-16)15(20)19-11-6-13(12-19)18-9-4-5-10-18/h13H,1-12H2,(H2,17,21). The fourth-order valence-electron chi connectivity index (χ4n) is 4.35. The van der Waals surface area contributed by atoms with Crippen molar-refractivity contribution >= 4 is 23.1 Å². The van der Waals surface area contributed by atoms with Gasteiger partial charge in [0.15, 0.2) is 0 Å². The van der Waals surface area contributed by atoms with Gasteiger partial charge in [0, 0.05) is 19.1 Å². The zero-order chi connectivity index (χ0) is 14.9. The van der Waals surface area contributed by atoms with E-state index < -0.39 is 5.41 Å². The van der Waals surface area contributed by atoms with Gasteiger partial charge in [-0.1, -0.05) is 31.5 Å². The van der Waals surface area contributed by atoms with Crippen molar-refractivity contribution in [3.63, 3.8) is 0 Å². The van der Waals surface area contributed by atoms with Gasteiger partial charge in [0.25, 0.3) is 0 Å². The Labute approximate surface area is 133 Å². The lowest BCUT2D eigenvalue weighted by atomic mass is 9.73. The predicted octanol–water partition coefficient (Wildman–Crippen LogP) is 1.92. The third-order valence-electron chi connectivity index (χ3n) is 5.70. The van der Waals surface area contributed by atoms with Crippen molar-refractivity contribution in [2.24, 2.45) is 11.1 Å². The third-order valence-corrected chi connectivity index (χ3v) is 6.09. The molecule has 2 N–H and O–H groups in total. The van der Waals surface area contributed by atoms with Gasteiger partial charge in [0.1, 0.15) is 0 Å². The molecular formula is C16H27N3OS. The van der Waals surface area contributed by atoms with Crippen LogP contribution in [0.3, 0.4) is 0 Å². The van der Waals surface area contributed by atoms with Gasteiger partial charge in [0.2, 0.25) is 5.91 Å². The van der Waals surface area contributed by atoms with Crippen LogP contribution in [0.15, 0.2) is 0 Å². The van der Waals surface area contributed by atoms with Crippen molar-refractivity contribution in [2.45, 2.75) is 57.4 Å². The summed E-state index contributed by atoms with van der Waals surface area (Å²) in [5.41, 5.74) is 5.47. The summed E-state index contributed by atoms with van der Waals surface area (Å²) in [6.45, 7) is 4.16. The molecule has 2 saturated heterocycles. The summed E-state index contributed by atoms with van der Waals surface area (Å²) in [4.78, 5) is 18.1. The van der Waals surface area contributed by atoms with E-state index in [2.05, 4.69) is 4.90 Å². The number of hydrogen-bond donors (Lipinski definition) is 1. The van der Waals surface area contributed by atoms with Crippen molar-refractivity contribution in [3.05, 3.63) is 0 Å². The molecule has 0 aromatic heterocycles. The smallest absolute Gasteiger partial charge is 0.235 e. The summed E-state index contributed by atoms with van der Waals surface area (Å²) in [6.07, 6.45) is 8.78. The first kappa shape index (κ1) is 15.2. The Morgan fingerprint density at radius 3 is 2.33 bits per heavy atom. The van der Waals surface area contributed by atoms with E-state index in [1.54, 1.807) is 0 Å². The van der Waals surface area contributed by atoms with E-state index in [-0.39, 0.29) is 5.91 Å².